The molecule has 0 aliphatic heterocycles. The summed E-state index contributed by atoms with van der Waals surface area (Å²) in [6.07, 6.45) is 1.70. The number of benzene rings is 2. The number of hydroxylamine groups is 2. The minimum atomic E-state index is -0.336. The Morgan fingerprint density at radius 3 is 2.52 bits per heavy atom. The number of hydrogen-bond acceptors (Lipinski definition) is 4. The highest BCUT2D eigenvalue weighted by Crippen LogP contribution is 2.13. The maximum absolute atomic E-state index is 13.8. The Balaban J connectivity index is 1.71. The Morgan fingerprint density at radius 1 is 1.04 bits per heavy atom. The van der Waals surface area contributed by atoms with Gasteiger partial charge in [0.25, 0.3) is 0 Å². The van der Waals surface area contributed by atoms with Gasteiger partial charge in [0.05, 0.1) is 25.5 Å². The Morgan fingerprint density at radius 2 is 1.78 bits per heavy atom. The van der Waals surface area contributed by atoms with Gasteiger partial charge in [-0.2, -0.15) is 5.06 Å². The van der Waals surface area contributed by atoms with Gasteiger partial charge in [0.1, 0.15) is 11.5 Å². The fraction of sp³-hybridized carbons (Fsp3) is 0.176. The van der Waals surface area contributed by atoms with Gasteiger partial charge in [0, 0.05) is 6.54 Å². The molecule has 0 unspecified atom stereocenters. The molecule has 0 fully saturated rings. The van der Waals surface area contributed by atoms with E-state index in [9.17, 15) is 4.39 Å². The predicted octanol–water partition coefficient (Wildman–Crippen LogP) is 2.97. The molecule has 0 saturated carbocycles. The van der Waals surface area contributed by atoms with Gasteiger partial charge in [0.15, 0.2) is 0 Å². The van der Waals surface area contributed by atoms with Gasteiger partial charge in [-0.1, -0.05) is 47.7 Å². The van der Waals surface area contributed by atoms with Crippen molar-refractivity contribution < 1.29 is 9.23 Å². The van der Waals surface area contributed by atoms with E-state index in [1.807, 2.05) is 30.3 Å². The van der Waals surface area contributed by atoms with Crippen molar-refractivity contribution in [3.05, 3.63) is 77.9 Å². The number of nitrogens with zero attached hydrogens (tertiary/aromatic N) is 4. The highest BCUT2D eigenvalue weighted by Gasteiger charge is 2.11. The van der Waals surface area contributed by atoms with Crippen LogP contribution in [0, 0.1) is 5.82 Å². The number of halogens is 1. The topological polar surface area (TPSA) is 43.2 Å². The average Bonchev–Trinajstić information content (AvgIpc) is 3.04. The third-order valence-electron chi connectivity index (χ3n) is 3.44. The van der Waals surface area contributed by atoms with E-state index >= 15 is 0 Å². The fourth-order valence-corrected chi connectivity index (χ4v) is 2.28. The van der Waals surface area contributed by atoms with Crippen molar-refractivity contribution in [1.29, 1.82) is 0 Å². The van der Waals surface area contributed by atoms with Crippen LogP contribution in [0.1, 0.15) is 11.3 Å². The predicted molar refractivity (Wildman–Crippen MR) is 84.0 cm³/mol. The summed E-state index contributed by atoms with van der Waals surface area (Å²) in [6.45, 7) is 1.09. The summed E-state index contributed by atoms with van der Waals surface area (Å²) in [5.74, 6) is -0.336. The van der Waals surface area contributed by atoms with Crippen molar-refractivity contribution in [2.45, 2.75) is 13.1 Å². The summed E-state index contributed by atoms with van der Waals surface area (Å²) in [7, 11) is 1.62. The van der Waals surface area contributed by atoms with Crippen LogP contribution >= 0.6 is 0 Å². The molecule has 0 radical (unpaired) electrons. The van der Waals surface area contributed by atoms with Crippen LogP contribution in [0.4, 0.5) is 4.39 Å². The Kier molecular flexibility index (Phi) is 4.75. The third-order valence-corrected chi connectivity index (χ3v) is 3.44. The molecule has 1 aromatic heterocycles. The number of para-hydroxylation sites is 1. The van der Waals surface area contributed by atoms with Gasteiger partial charge >= 0.3 is 0 Å². The Hall–Kier alpha value is -2.57. The summed E-state index contributed by atoms with van der Waals surface area (Å²) < 4.78 is 15.2. The summed E-state index contributed by atoms with van der Waals surface area (Å²) in [5.41, 5.74) is 2.21. The van der Waals surface area contributed by atoms with Gasteiger partial charge in [0.2, 0.25) is 0 Å². The van der Waals surface area contributed by atoms with Crippen LogP contribution in [0.2, 0.25) is 0 Å². The van der Waals surface area contributed by atoms with Gasteiger partial charge in [-0.25, -0.2) is 9.07 Å². The molecule has 0 bridgehead atoms. The van der Waals surface area contributed by atoms with Crippen LogP contribution in [-0.4, -0.2) is 27.2 Å². The van der Waals surface area contributed by atoms with Crippen molar-refractivity contribution in [3.63, 3.8) is 0 Å². The standard InChI is InChI=1S/C17H17FN4O/c1-23-21(11-14-7-3-2-4-8-14)12-15-13-22(20-19-15)17-10-6-5-9-16(17)18/h2-10,13H,11-12H2,1H3. The maximum atomic E-state index is 13.8. The van der Waals surface area contributed by atoms with E-state index in [1.165, 1.54) is 10.7 Å². The van der Waals surface area contributed by atoms with Crippen LogP contribution in [0.5, 0.6) is 0 Å². The summed E-state index contributed by atoms with van der Waals surface area (Å²) in [4.78, 5) is 5.38. The van der Waals surface area contributed by atoms with Gasteiger partial charge < -0.3 is 4.84 Å². The minimum Gasteiger partial charge on any atom is -0.302 e. The molecule has 3 aromatic rings. The first kappa shape index (κ1) is 15.3. The van der Waals surface area contributed by atoms with E-state index < -0.39 is 0 Å². The zero-order chi connectivity index (χ0) is 16.1. The van der Waals surface area contributed by atoms with Crippen molar-refractivity contribution in [3.8, 4) is 5.69 Å². The lowest BCUT2D eigenvalue weighted by atomic mass is 10.2. The molecule has 0 spiro atoms. The largest absolute Gasteiger partial charge is 0.302 e. The lowest BCUT2D eigenvalue weighted by Crippen LogP contribution is -2.21. The average molecular weight is 312 g/mol. The number of hydrogen-bond donors (Lipinski definition) is 0. The molecule has 23 heavy (non-hydrogen) atoms. The van der Waals surface area contributed by atoms with Crippen molar-refractivity contribution in [2.75, 3.05) is 7.11 Å². The summed E-state index contributed by atoms with van der Waals surface area (Å²) >= 11 is 0. The van der Waals surface area contributed by atoms with Crippen molar-refractivity contribution in [1.82, 2.24) is 20.1 Å². The molecule has 0 saturated heterocycles. The van der Waals surface area contributed by atoms with Crippen LogP contribution < -0.4 is 0 Å². The van der Waals surface area contributed by atoms with Crippen LogP contribution in [0.15, 0.2) is 60.8 Å². The second-order valence-electron chi connectivity index (χ2n) is 5.07. The monoisotopic (exact) mass is 312 g/mol. The van der Waals surface area contributed by atoms with E-state index in [2.05, 4.69) is 10.3 Å². The molecule has 1 heterocycles. The fourth-order valence-electron chi connectivity index (χ4n) is 2.28. The highest BCUT2D eigenvalue weighted by molar-refractivity contribution is 5.32. The molecule has 3 rings (SSSR count). The first-order valence-corrected chi connectivity index (χ1v) is 7.25. The molecule has 6 heteroatoms. The van der Waals surface area contributed by atoms with Gasteiger partial charge in [-0.15, -0.1) is 5.10 Å². The van der Waals surface area contributed by atoms with Crippen LogP contribution in [0.3, 0.4) is 0 Å². The minimum absolute atomic E-state index is 0.336. The SMILES string of the molecule is CON(Cc1ccccc1)Cc1cn(-c2ccccc2F)nn1. The molecule has 0 aliphatic carbocycles. The van der Waals surface area contributed by atoms with Crippen molar-refractivity contribution >= 4 is 0 Å². The summed E-state index contributed by atoms with van der Waals surface area (Å²) in [5, 5.41) is 9.84. The first-order chi connectivity index (χ1) is 11.3. The molecule has 0 aliphatic rings. The van der Waals surface area contributed by atoms with Crippen LogP contribution in [0.25, 0.3) is 5.69 Å². The van der Waals surface area contributed by atoms with Crippen LogP contribution in [-0.2, 0) is 17.9 Å². The Bertz CT molecular complexity index is 760. The molecule has 5 nitrogen and oxygen atoms in total. The highest BCUT2D eigenvalue weighted by atomic mass is 19.1. The smallest absolute Gasteiger partial charge is 0.148 e. The maximum Gasteiger partial charge on any atom is 0.148 e. The molecule has 0 N–H and O–H groups in total. The van der Waals surface area contributed by atoms with Crippen molar-refractivity contribution in [2.24, 2.45) is 0 Å². The van der Waals surface area contributed by atoms with E-state index in [-0.39, 0.29) is 5.82 Å². The second-order valence-corrected chi connectivity index (χ2v) is 5.07. The molecular weight excluding hydrogens is 295 g/mol. The number of aromatic nitrogens is 3. The zero-order valence-electron chi connectivity index (χ0n) is 12.8. The molecule has 0 amide bonds. The molecule has 118 valence electrons. The lowest BCUT2D eigenvalue weighted by Gasteiger charge is -2.18. The lowest BCUT2D eigenvalue weighted by molar-refractivity contribution is -0.147. The van der Waals surface area contributed by atoms with Gasteiger partial charge in [-0.05, 0) is 17.7 Å². The third kappa shape index (κ3) is 3.80. The molecule has 2 aromatic carbocycles. The summed E-state index contributed by atoms with van der Waals surface area (Å²) in [6, 6.07) is 16.5. The Labute approximate surface area is 133 Å². The van der Waals surface area contributed by atoms with E-state index in [0.717, 1.165) is 5.56 Å². The molecular formula is C17H17FN4O. The first-order valence-electron chi connectivity index (χ1n) is 7.25. The molecule has 0 atom stereocenters. The normalized spacial score (nSPS) is 11.1. The van der Waals surface area contributed by atoms with E-state index in [0.29, 0.717) is 24.5 Å². The van der Waals surface area contributed by atoms with E-state index in [4.69, 9.17) is 4.84 Å². The van der Waals surface area contributed by atoms with E-state index in [1.54, 1.807) is 36.6 Å². The zero-order valence-corrected chi connectivity index (χ0v) is 12.8. The second kappa shape index (κ2) is 7.13. The quantitative estimate of drug-likeness (QED) is 0.656. The van der Waals surface area contributed by atoms with Gasteiger partial charge in [-0.3, -0.25) is 0 Å². The number of rotatable bonds is 6.